The first-order valence-electron chi connectivity index (χ1n) is 5.84. The van der Waals surface area contributed by atoms with E-state index < -0.39 is 0 Å². The number of aryl methyl sites for hydroxylation is 2. The fraction of sp³-hybridized carbons (Fsp3) is 0.154. The Bertz CT molecular complexity index is 809. The average Bonchev–Trinajstić information content (AvgIpc) is 2.95. The van der Waals surface area contributed by atoms with Crippen LogP contribution in [0.25, 0.3) is 10.2 Å². The third kappa shape index (κ3) is 2.39. The summed E-state index contributed by atoms with van der Waals surface area (Å²) in [5.41, 5.74) is 2.46. The van der Waals surface area contributed by atoms with Gasteiger partial charge >= 0.3 is 0 Å². The normalized spacial score (nSPS) is 10.9. The molecule has 3 rings (SSSR count). The third-order valence-corrected chi connectivity index (χ3v) is 3.86. The number of nitrogens with zero attached hydrogens (tertiary/aromatic N) is 2. The van der Waals surface area contributed by atoms with Crippen LogP contribution in [0.4, 0.5) is 5.13 Å². The highest BCUT2D eigenvalue weighted by Crippen LogP contribution is 2.31. The number of carbonyl (C=O) groups is 1. The van der Waals surface area contributed by atoms with E-state index in [2.05, 4.69) is 15.5 Å². The van der Waals surface area contributed by atoms with Crippen LogP contribution in [0, 0.1) is 13.8 Å². The molecule has 0 aliphatic rings. The summed E-state index contributed by atoms with van der Waals surface area (Å²) in [5, 5.41) is 7.54. The van der Waals surface area contributed by atoms with Gasteiger partial charge in [0.2, 0.25) is 5.76 Å². The minimum atomic E-state index is -0.367. The molecule has 0 spiro atoms. The molecule has 2 heterocycles. The topological polar surface area (TPSA) is 68.0 Å². The summed E-state index contributed by atoms with van der Waals surface area (Å²) in [6.45, 7) is 3.68. The third-order valence-electron chi connectivity index (χ3n) is 2.72. The lowest BCUT2D eigenvalue weighted by Crippen LogP contribution is -2.10. The zero-order valence-corrected chi connectivity index (χ0v) is 12.3. The number of aromatic nitrogens is 2. The molecule has 20 heavy (non-hydrogen) atoms. The molecule has 0 saturated heterocycles. The summed E-state index contributed by atoms with van der Waals surface area (Å²) in [6, 6.07) is 5.25. The number of halogens is 1. The molecule has 5 nitrogen and oxygen atoms in total. The maximum absolute atomic E-state index is 12.0. The highest BCUT2D eigenvalue weighted by Gasteiger charge is 2.15. The van der Waals surface area contributed by atoms with Gasteiger partial charge in [0, 0.05) is 11.1 Å². The molecule has 0 atom stereocenters. The average molecular weight is 308 g/mol. The zero-order valence-electron chi connectivity index (χ0n) is 10.7. The van der Waals surface area contributed by atoms with Crippen molar-refractivity contribution in [2.75, 3.05) is 5.32 Å². The fourth-order valence-electron chi connectivity index (χ4n) is 1.84. The molecule has 7 heteroatoms. The predicted octanol–water partition coefficient (Wildman–Crippen LogP) is 3.81. The van der Waals surface area contributed by atoms with Crippen molar-refractivity contribution in [1.29, 1.82) is 0 Å². The number of thiazole rings is 1. The van der Waals surface area contributed by atoms with E-state index in [1.165, 1.54) is 11.3 Å². The first-order valence-corrected chi connectivity index (χ1v) is 7.04. The van der Waals surface area contributed by atoms with Crippen LogP contribution < -0.4 is 5.32 Å². The highest BCUT2D eigenvalue weighted by atomic mass is 35.5. The Morgan fingerprint density at radius 1 is 1.35 bits per heavy atom. The monoisotopic (exact) mass is 307 g/mol. The van der Waals surface area contributed by atoms with Gasteiger partial charge in [0.25, 0.3) is 5.91 Å². The Morgan fingerprint density at radius 3 is 2.85 bits per heavy atom. The lowest BCUT2D eigenvalue weighted by Gasteiger charge is -1.95. The molecule has 1 amide bonds. The Kier molecular flexibility index (Phi) is 3.19. The number of rotatable bonds is 2. The van der Waals surface area contributed by atoms with Gasteiger partial charge in [0.1, 0.15) is 0 Å². The lowest BCUT2D eigenvalue weighted by atomic mass is 10.2. The van der Waals surface area contributed by atoms with E-state index in [0.29, 0.717) is 15.8 Å². The van der Waals surface area contributed by atoms with Gasteiger partial charge < -0.3 is 4.52 Å². The van der Waals surface area contributed by atoms with Gasteiger partial charge in [-0.3, -0.25) is 10.1 Å². The van der Waals surface area contributed by atoms with Crippen molar-refractivity contribution in [3.8, 4) is 0 Å². The molecular weight excluding hydrogens is 298 g/mol. The van der Waals surface area contributed by atoms with Gasteiger partial charge in [-0.1, -0.05) is 28.1 Å². The standard InChI is InChI=1S/C13H10ClN3O2S/c1-6-3-8(14)5-10-11(6)15-13(20-10)16-12(18)9-4-7(2)17-19-9/h3-5H,1-2H3,(H,15,16,18). The Labute approximate surface area is 123 Å². The Morgan fingerprint density at radius 2 is 2.15 bits per heavy atom. The van der Waals surface area contributed by atoms with Gasteiger partial charge in [0.05, 0.1) is 15.9 Å². The van der Waals surface area contributed by atoms with Crippen LogP contribution in [0.15, 0.2) is 22.7 Å². The molecule has 0 unspecified atom stereocenters. The molecule has 0 bridgehead atoms. The van der Waals surface area contributed by atoms with Gasteiger partial charge in [0.15, 0.2) is 5.13 Å². The maximum atomic E-state index is 12.0. The van der Waals surface area contributed by atoms with E-state index in [1.807, 2.05) is 19.1 Å². The SMILES string of the molecule is Cc1cc(C(=O)Nc2nc3c(C)cc(Cl)cc3s2)on1. The molecule has 1 N–H and O–H groups in total. The van der Waals surface area contributed by atoms with E-state index in [1.54, 1.807) is 13.0 Å². The molecular formula is C13H10ClN3O2S. The molecule has 0 fully saturated rings. The van der Waals surface area contributed by atoms with Gasteiger partial charge in [-0.25, -0.2) is 4.98 Å². The Balaban J connectivity index is 1.91. The molecule has 3 aromatic rings. The van der Waals surface area contributed by atoms with E-state index in [0.717, 1.165) is 15.8 Å². The number of hydrogen-bond acceptors (Lipinski definition) is 5. The number of anilines is 1. The molecule has 0 saturated carbocycles. The second-order valence-corrected chi connectivity index (χ2v) is 5.84. The van der Waals surface area contributed by atoms with Crippen LogP contribution in [0.1, 0.15) is 21.8 Å². The zero-order chi connectivity index (χ0) is 14.3. The summed E-state index contributed by atoms with van der Waals surface area (Å²) in [6.07, 6.45) is 0. The van der Waals surface area contributed by atoms with Gasteiger partial charge in [-0.05, 0) is 31.5 Å². The Hall–Kier alpha value is -1.92. The molecule has 0 radical (unpaired) electrons. The summed E-state index contributed by atoms with van der Waals surface area (Å²) in [7, 11) is 0. The smallest absolute Gasteiger partial charge is 0.296 e. The number of hydrogen-bond donors (Lipinski definition) is 1. The van der Waals surface area contributed by atoms with Crippen molar-refractivity contribution < 1.29 is 9.32 Å². The van der Waals surface area contributed by atoms with Crippen LogP contribution >= 0.6 is 22.9 Å². The van der Waals surface area contributed by atoms with E-state index >= 15 is 0 Å². The van der Waals surface area contributed by atoms with Gasteiger partial charge in [-0.2, -0.15) is 0 Å². The highest BCUT2D eigenvalue weighted by molar-refractivity contribution is 7.22. The second-order valence-electron chi connectivity index (χ2n) is 4.38. The van der Waals surface area contributed by atoms with Crippen molar-refractivity contribution in [2.45, 2.75) is 13.8 Å². The molecule has 102 valence electrons. The number of amides is 1. The maximum Gasteiger partial charge on any atom is 0.296 e. The minimum absolute atomic E-state index is 0.163. The van der Waals surface area contributed by atoms with Crippen molar-refractivity contribution in [2.24, 2.45) is 0 Å². The van der Waals surface area contributed by atoms with Crippen molar-refractivity contribution >= 4 is 44.2 Å². The largest absolute Gasteiger partial charge is 0.351 e. The van der Waals surface area contributed by atoms with E-state index in [4.69, 9.17) is 16.1 Å². The molecule has 0 aliphatic carbocycles. The first kappa shape index (κ1) is 13.1. The number of benzene rings is 1. The minimum Gasteiger partial charge on any atom is -0.351 e. The van der Waals surface area contributed by atoms with E-state index in [9.17, 15) is 4.79 Å². The summed E-state index contributed by atoms with van der Waals surface area (Å²) < 4.78 is 5.84. The summed E-state index contributed by atoms with van der Waals surface area (Å²) >= 11 is 7.37. The molecule has 1 aromatic carbocycles. The van der Waals surface area contributed by atoms with Crippen LogP contribution in [0.3, 0.4) is 0 Å². The molecule has 0 aliphatic heterocycles. The van der Waals surface area contributed by atoms with Crippen LogP contribution in [0.2, 0.25) is 5.02 Å². The number of fused-ring (bicyclic) bond motifs is 1. The molecule has 2 aromatic heterocycles. The fourth-order valence-corrected chi connectivity index (χ4v) is 3.15. The lowest BCUT2D eigenvalue weighted by molar-refractivity contribution is 0.0988. The van der Waals surface area contributed by atoms with Crippen molar-refractivity contribution in [1.82, 2.24) is 10.1 Å². The first-order chi connectivity index (χ1) is 9.52. The second kappa shape index (κ2) is 4.88. The summed E-state index contributed by atoms with van der Waals surface area (Å²) in [4.78, 5) is 16.3. The van der Waals surface area contributed by atoms with Crippen molar-refractivity contribution in [3.05, 3.63) is 40.2 Å². The van der Waals surface area contributed by atoms with Crippen molar-refractivity contribution in [3.63, 3.8) is 0 Å². The predicted molar refractivity (Wildman–Crippen MR) is 78.6 cm³/mol. The number of nitrogens with one attached hydrogen (secondary N) is 1. The van der Waals surface area contributed by atoms with Crippen LogP contribution in [-0.4, -0.2) is 16.0 Å². The van der Waals surface area contributed by atoms with Crippen LogP contribution in [-0.2, 0) is 0 Å². The van der Waals surface area contributed by atoms with Gasteiger partial charge in [-0.15, -0.1) is 0 Å². The number of carbonyl (C=O) groups excluding carboxylic acids is 1. The quantitative estimate of drug-likeness (QED) is 0.781. The van der Waals surface area contributed by atoms with Crippen LogP contribution in [0.5, 0.6) is 0 Å². The van der Waals surface area contributed by atoms with E-state index in [-0.39, 0.29) is 11.7 Å². The summed E-state index contributed by atoms with van der Waals surface area (Å²) in [5.74, 6) is -0.204.